The lowest BCUT2D eigenvalue weighted by molar-refractivity contribution is 0.0734. The zero-order valence-corrected chi connectivity index (χ0v) is 14.6. The molecule has 0 spiro atoms. The maximum absolute atomic E-state index is 13.1. The first-order valence-corrected chi connectivity index (χ1v) is 9.61. The molecule has 0 unspecified atom stereocenters. The van der Waals surface area contributed by atoms with Crippen molar-refractivity contribution < 1.29 is 4.79 Å². The van der Waals surface area contributed by atoms with Crippen LogP contribution in [0.15, 0.2) is 23.7 Å². The van der Waals surface area contributed by atoms with Gasteiger partial charge >= 0.3 is 0 Å². The van der Waals surface area contributed by atoms with Gasteiger partial charge in [0, 0.05) is 36.7 Å². The molecule has 25 heavy (non-hydrogen) atoms. The van der Waals surface area contributed by atoms with Crippen LogP contribution in [0.2, 0.25) is 0 Å². The van der Waals surface area contributed by atoms with Gasteiger partial charge in [0.05, 0.1) is 28.0 Å². The number of aromatic amines is 2. The van der Waals surface area contributed by atoms with Crippen LogP contribution in [0.25, 0.3) is 10.6 Å². The molecule has 1 saturated carbocycles. The van der Waals surface area contributed by atoms with E-state index in [4.69, 9.17) is 0 Å². The second-order valence-electron chi connectivity index (χ2n) is 6.81. The number of nitrogens with zero attached hydrogens (tertiary/aromatic N) is 3. The molecule has 0 aromatic carbocycles. The summed E-state index contributed by atoms with van der Waals surface area (Å²) < 4.78 is 0. The van der Waals surface area contributed by atoms with Crippen molar-refractivity contribution in [3.63, 3.8) is 0 Å². The summed E-state index contributed by atoms with van der Waals surface area (Å²) in [4.78, 5) is 16.1. The van der Waals surface area contributed by atoms with Gasteiger partial charge in [0.2, 0.25) is 0 Å². The van der Waals surface area contributed by atoms with E-state index in [-0.39, 0.29) is 5.91 Å². The average Bonchev–Trinajstić information content (AvgIpc) is 3.32. The summed E-state index contributed by atoms with van der Waals surface area (Å²) in [5, 5.41) is 16.9. The van der Waals surface area contributed by atoms with Crippen LogP contribution < -0.4 is 0 Å². The Morgan fingerprint density at radius 2 is 2.24 bits per heavy atom. The standard InChI is InChI=1S/C18H19N5OS/c24-18(12-9-19-21-17(12)15-5-2-8-25-15)23-7-6-14-13(10-23)16(22-20-14)11-3-1-4-11/h2,5,8-9,11H,1,3-4,6-7,10H2,(H,19,21)(H,20,22). The number of aromatic nitrogens is 4. The Balaban J connectivity index is 1.43. The van der Waals surface area contributed by atoms with Gasteiger partial charge in [-0.3, -0.25) is 15.0 Å². The third kappa shape index (κ3) is 2.41. The Hall–Kier alpha value is -2.41. The third-order valence-corrected chi connectivity index (χ3v) is 6.27. The molecule has 5 rings (SSSR count). The third-order valence-electron chi connectivity index (χ3n) is 5.38. The van der Waals surface area contributed by atoms with Crippen molar-refractivity contribution in [1.29, 1.82) is 0 Å². The number of hydrogen-bond donors (Lipinski definition) is 2. The molecule has 3 aromatic rings. The van der Waals surface area contributed by atoms with Gasteiger partial charge in [0.15, 0.2) is 0 Å². The fourth-order valence-electron chi connectivity index (χ4n) is 3.74. The predicted octanol–water partition coefficient (Wildman–Crippen LogP) is 3.33. The minimum atomic E-state index is 0.0450. The Bertz CT molecular complexity index is 906. The van der Waals surface area contributed by atoms with Crippen LogP contribution >= 0.6 is 11.3 Å². The van der Waals surface area contributed by atoms with Gasteiger partial charge in [-0.05, 0) is 24.3 Å². The Morgan fingerprint density at radius 3 is 3.00 bits per heavy atom. The van der Waals surface area contributed by atoms with E-state index in [0.29, 0.717) is 24.6 Å². The van der Waals surface area contributed by atoms with Gasteiger partial charge in [-0.25, -0.2) is 0 Å². The van der Waals surface area contributed by atoms with Crippen LogP contribution in [-0.4, -0.2) is 37.7 Å². The highest BCUT2D eigenvalue weighted by atomic mass is 32.1. The van der Waals surface area contributed by atoms with Crippen LogP contribution in [0.3, 0.4) is 0 Å². The molecule has 7 heteroatoms. The number of rotatable bonds is 3. The van der Waals surface area contributed by atoms with Gasteiger partial charge in [0.25, 0.3) is 5.91 Å². The highest BCUT2D eigenvalue weighted by molar-refractivity contribution is 7.13. The summed E-state index contributed by atoms with van der Waals surface area (Å²) in [6.07, 6.45) is 6.21. The van der Waals surface area contributed by atoms with Crippen molar-refractivity contribution in [2.75, 3.05) is 6.54 Å². The minimum Gasteiger partial charge on any atom is -0.334 e. The van der Waals surface area contributed by atoms with E-state index in [1.807, 2.05) is 22.4 Å². The van der Waals surface area contributed by atoms with E-state index in [2.05, 4.69) is 20.4 Å². The molecule has 0 radical (unpaired) electrons. The Morgan fingerprint density at radius 1 is 1.32 bits per heavy atom. The zero-order chi connectivity index (χ0) is 16.8. The van der Waals surface area contributed by atoms with Crippen LogP contribution in [-0.2, 0) is 13.0 Å². The van der Waals surface area contributed by atoms with Gasteiger partial charge in [0.1, 0.15) is 0 Å². The maximum atomic E-state index is 13.1. The molecule has 1 aliphatic heterocycles. The molecule has 1 aliphatic carbocycles. The molecule has 2 aliphatic rings. The molecule has 6 nitrogen and oxygen atoms in total. The topological polar surface area (TPSA) is 77.7 Å². The number of H-pyrrole nitrogens is 2. The lowest BCUT2D eigenvalue weighted by atomic mass is 9.80. The number of thiophene rings is 1. The van der Waals surface area contributed by atoms with Crippen LogP contribution in [0, 0.1) is 0 Å². The highest BCUT2D eigenvalue weighted by Crippen LogP contribution is 2.39. The second-order valence-corrected chi connectivity index (χ2v) is 7.75. The molecule has 2 N–H and O–H groups in total. The lowest BCUT2D eigenvalue weighted by Crippen LogP contribution is -2.36. The quantitative estimate of drug-likeness (QED) is 0.758. The summed E-state index contributed by atoms with van der Waals surface area (Å²) in [6, 6.07) is 3.99. The molecule has 1 fully saturated rings. The van der Waals surface area contributed by atoms with Crippen LogP contribution in [0.4, 0.5) is 0 Å². The molecule has 0 bridgehead atoms. The van der Waals surface area contributed by atoms with Crippen molar-refractivity contribution >= 4 is 17.2 Å². The van der Waals surface area contributed by atoms with Gasteiger partial charge in [-0.1, -0.05) is 12.5 Å². The molecule has 4 heterocycles. The van der Waals surface area contributed by atoms with E-state index < -0.39 is 0 Å². The number of carbonyl (C=O) groups excluding carboxylic acids is 1. The van der Waals surface area contributed by atoms with E-state index in [1.165, 1.54) is 36.2 Å². The normalized spacial score (nSPS) is 17.4. The summed E-state index contributed by atoms with van der Waals surface area (Å²) >= 11 is 1.61. The van der Waals surface area contributed by atoms with Crippen molar-refractivity contribution in [3.05, 3.63) is 46.2 Å². The lowest BCUT2D eigenvalue weighted by Gasteiger charge is -2.30. The molecule has 0 atom stereocenters. The second kappa shape index (κ2) is 5.84. The fraction of sp³-hybridized carbons (Fsp3) is 0.389. The molecule has 0 saturated heterocycles. The summed E-state index contributed by atoms with van der Waals surface area (Å²) in [6.45, 7) is 1.36. The minimum absolute atomic E-state index is 0.0450. The zero-order valence-electron chi connectivity index (χ0n) is 13.8. The SMILES string of the molecule is O=C(c1cn[nH]c1-c1cccs1)N1CCc2[nH]nc(C3CCC3)c2C1. The molecule has 128 valence electrons. The van der Waals surface area contributed by atoms with Crippen LogP contribution in [0.5, 0.6) is 0 Å². The molecule has 3 aromatic heterocycles. The Labute approximate surface area is 149 Å². The van der Waals surface area contributed by atoms with Gasteiger partial charge in [-0.15, -0.1) is 11.3 Å². The summed E-state index contributed by atoms with van der Waals surface area (Å²) in [7, 11) is 0. The van der Waals surface area contributed by atoms with Crippen molar-refractivity contribution in [1.82, 2.24) is 25.3 Å². The predicted molar refractivity (Wildman–Crippen MR) is 95.5 cm³/mol. The van der Waals surface area contributed by atoms with E-state index in [0.717, 1.165) is 17.0 Å². The summed E-state index contributed by atoms with van der Waals surface area (Å²) in [5.74, 6) is 0.620. The number of carbonyl (C=O) groups is 1. The largest absolute Gasteiger partial charge is 0.334 e. The molecule has 1 amide bonds. The average molecular weight is 353 g/mol. The highest BCUT2D eigenvalue weighted by Gasteiger charge is 2.32. The first kappa shape index (κ1) is 14.9. The molecular weight excluding hydrogens is 334 g/mol. The van der Waals surface area contributed by atoms with Crippen molar-refractivity contribution in [3.8, 4) is 10.6 Å². The van der Waals surface area contributed by atoms with E-state index >= 15 is 0 Å². The summed E-state index contributed by atoms with van der Waals surface area (Å²) in [5.41, 5.74) is 5.10. The number of amides is 1. The van der Waals surface area contributed by atoms with Crippen molar-refractivity contribution in [2.24, 2.45) is 0 Å². The first-order chi connectivity index (χ1) is 12.3. The Kier molecular flexibility index (Phi) is 3.48. The monoisotopic (exact) mass is 353 g/mol. The smallest absolute Gasteiger partial charge is 0.258 e. The van der Waals surface area contributed by atoms with Crippen LogP contribution in [0.1, 0.15) is 52.5 Å². The van der Waals surface area contributed by atoms with Gasteiger partial charge < -0.3 is 4.90 Å². The van der Waals surface area contributed by atoms with E-state index in [1.54, 1.807) is 17.5 Å². The number of nitrogens with one attached hydrogen (secondary N) is 2. The number of fused-ring (bicyclic) bond motifs is 1. The van der Waals surface area contributed by atoms with Crippen molar-refractivity contribution in [2.45, 2.75) is 38.1 Å². The number of hydrogen-bond acceptors (Lipinski definition) is 4. The maximum Gasteiger partial charge on any atom is 0.258 e. The fourth-order valence-corrected chi connectivity index (χ4v) is 4.47. The van der Waals surface area contributed by atoms with Gasteiger partial charge in [-0.2, -0.15) is 10.2 Å². The first-order valence-electron chi connectivity index (χ1n) is 8.74. The molecular formula is C18H19N5OS. The van der Waals surface area contributed by atoms with E-state index in [9.17, 15) is 4.79 Å².